The third-order valence-corrected chi connectivity index (χ3v) is 6.51. The zero-order chi connectivity index (χ0) is 24.0. The van der Waals surface area contributed by atoms with Crippen LogP contribution in [0.4, 0.5) is 0 Å². The summed E-state index contributed by atoms with van der Waals surface area (Å²) in [5.74, 6) is 0.614. The van der Waals surface area contributed by atoms with E-state index < -0.39 is 11.6 Å². The summed E-state index contributed by atoms with van der Waals surface area (Å²) in [4.78, 5) is 28.0. The fourth-order valence-corrected chi connectivity index (χ4v) is 4.65. The number of morpholine rings is 1. The normalized spacial score (nSPS) is 22.5. The lowest BCUT2D eigenvalue weighted by Gasteiger charge is -2.42. The molecule has 1 saturated heterocycles. The Bertz CT molecular complexity index is 996. The van der Waals surface area contributed by atoms with Crippen molar-refractivity contribution < 1.29 is 24.2 Å². The van der Waals surface area contributed by atoms with Crippen LogP contribution in [0.15, 0.2) is 48.5 Å². The Kier molecular flexibility index (Phi) is 7.70. The van der Waals surface area contributed by atoms with Gasteiger partial charge in [0.1, 0.15) is 18.1 Å². The number of phenols is 1. The molecule has 4 N–H and O–H groups in total. The molecule has 0 aliphatic carbocycles. The molecule has 0 saturated carbocycles. The minimum Gasteiger partial charge on any atom is -0.508 e. The highest BCUT2D eigenvalue weighted by atomic mass is 16.5. The lowest BCUT2D eigenvalue weighted by molar-refractivity contribution is -0.168. The Morgan fingerprint density at radius 2 is 1.94 bits per heavy atom. The van der Waals surface area contributed by atoms with E-state index in [1.54, 1.807) is 29.2 Å². The molecular formula is C26H33N3O5. The first-order chi connectivity index (χ1) is 16.5. The van der Waals surface area contributed by atoms with Gasteiger partial charge in [0.05, 0.1) is 25.7 Å². The van der Waals surface area contributed by atoms with E-state index >= 15 is 0 Å². The van der Waals surface area contributed by atoms with Gasteiger partial charge in [-0.2, -0.15) is 0 Å². The molecule has 0 aromatic heterocycles. The molecule has 1 fully saturated rings. The van der Waals surface area contributed by atoms with Gasteiger partial charge < -0.3 is 30.5 Å². The van der Waals surface area contributed by atoms with Crippen molar-refractivity contribution in [1.82, 2.24) is 10.2 Å². The minimum atomic E-state index is -1.09. The zero-order valence-corrected chi connectivity index (χ0v) is 19.4. The number of phenolic OH excluding ortho intramolecular Hbond substituents is 1. The van der Waals surface area contributed by atoms with E-state index in [1.807, 2.05) is 18.2 Å². The van der Waals surface area contributed by atoms with Crippen molar-refractivity contribution in [2.75, 3.05) is 32.8 Å². The van der Waals surface area contributed by atoms with Gasteiger partial charge in [0.25, 0.3) is 5.91 Å². The molecule has 2 aromatic rings. The number of rotatable bonds is 3. The Hall–Kier alpha value is -3.10. The Balaban J connectivity index is 1.43. The molecule has 34 heavy (non-hydrogen) atoms. The van der Waals surface area contributed by atoms with E-state index in [-0.39, 0.29) is 30.7 Å². The average molecular weight is 468 g/mol. The second kappa shape index (κ2) is 10.9. The lowest BCUT2D eigenvalue weighted by Crippen LogP contribution is -2.63. The number of ether oxygens (including phenoxy) is 2. The summed E-state index contributed by atoms with van der Waals surface area (Å²) in [7, 11) is 0. The fraction of sp³-hybridized carbons (Fsp3) is 0.462. The maximum atomic E-state index is 13.2. The summed E-state index contributed by atoms with van der Waals surface area (Å²) in [5.41, 5.74) is 7.18. The molecule has 2 amide bonds. The topological polar surface area (TPSA) is 114 Å². The number of benzene rings is 2. The second-order valence-electron chi connectivity index (χ2n) is 9.00. The van der Waals surface area contributed by atoms with Gasteiger partial charge in [0.2, 0.25) is 5.91 Å². The molecule has 2 aliphatic heterocycles. The highest BCUT2D eigenvalue weighted by molar-refractivity contribution is 5.88. The number of aryl methyl sites for hydroxylation is 1. The van der Waals surface area contributed by atoms with Gasteiger partial charge in [-0.15, -0.1) is 0 Å². The van der Waals surface area contributed by atoms with Gasteiger partial charge in [-0.3, -0.25) is 9.59 Å². The number of amides is 2. The van der Waals surface area contributed by atoms with Gasteiger partial charge in [0.15, 0.2) is 5.60 Å². The molecule has 2 heterocycles. The number of nitrogens with two attached hydrogens (primary N) is 1. The average Bonchev–Trinajstić information content (AvgIpc) is 2.85. The van der Waals surface area contributed by atoms with Crippen molar-refractivity contribution >= 4 is 11.8 Å². The van der Waals surface area contributed by atoms with Gasteiger partial charge in [-0.25, -0.2) is 0 Å². The Morgan fingerprint density at radius 1 is 1.15 bits per heavy atom. The van der Waals surface area contributed by atoms with E-state index in [0.717, 1.165) is 36.1 Å². The van der Waals surface area contributed by atoms with Crippen LogP contribution in [0.1, 0.15) is 30.4 Å². The first kappa shape index (κ1) is 24.0. The number of carbonyl (C=O) groups excluding carboxylic acids is 2. The number of aromatic hydroxyl groups is 1. The predicted octanol–water partition coefficient (Wildman–Crippen LogP) is 1.78. The van der Waals surface area contributed by atoms with Gasteiger partial charge in [-0.05, 0) is 61.4 Å². The van der Waals surface area contributed by atoms with Crippen LogP contribution in [0, 0.1) is 0 Å². The molecule has 2 atom stereocenters. The SMILES string of the molecule is N[C@@H](Cc1ccc(O)cc1)C(=O)N1CCOC2(CCCCc3ccccc3OCCNC2=O)C1. The predicted molar refractivity (Wildman–Crippen MR) is 128 cm³/mol. The summed E-state index contributed by atoms with van der Waals surface area (Å²) in [6, 6.07) is 13.9. The maximum Gasteiger partial charge on any atom is 0.254 e. The standard InChI is InChI=1S/C26H33N3O5/c27-22(17-19-8-10-21(30)11-9-19)24(31)29-14-16-34-26(18-29)12-4-3-6-20-5-1-2-7-23(20)33-15-13-28-25(26)32/h1-2,5,7-11,22,30H,3-4,6,12-18,27H2,(H,28,32)/t22-,26?/m0/s1. The molecule has 0 bridgehead atoms. The minimum absolute atomic E-state index is 0.168. The Labute approximate surface area is 200 Å². The maximum absolute atomic E-state index is 13.2. The van der Waals surface area contributed by atoms with Crippen LogP contribution in [-0.4, -0.2) is 66.3 Å². The first-order valence-corrected chi connectivity index (χ1v) is 11.9. The molecule has 8 nitrogen and oxygen atoms in total. The number of nitrogens with one attached hydrogen (secondary N) is 1. The molecule has 4 rings (SSSR count). The van der Waals surface area contributed by atoms with Crippen molar-refractivity contribution in [3.05, 3.63) is 59.7 Å². The Morgan fingerprint density at radius 3 is 2.76 bits per heavy atom. The van der Waals surface area contributed by atoms with Gasteiger partial charge in [0, 0.05) is 6.54 Å². The molecule has 8 heteroatoms. The summed E-state index contributed by atoms with van der Waals surface area (Å²) >= 11 is 0. The summed E-state index contributed by atoms with van der Waals surface area (Å²) in [6.45, 7) is 1.57. The lowest BCUT2D eigenvalue weighted by atomic mass is 9.91. The van der Waals surface area contributed by atoms with E-state index in [1.165, 1.54) is 0 Å². The zero-order valence-electron chi connectivity index (χ0n) is 19.4. The number of fused-ring (bicyclic) bond motifs is 1. The first-order valence-electron chi connectivity index (χ1n) is 11.9. The fourth-order valence-electron chi connectivity index (χ4n) is 4.65. The quantitative estimate of drug-likeness (QED) is 0.634. The molecule has 2 aliphatic rings. The summed E-state index contributed by atoms with van der Waals surface area (Å²) in [5, 5.41) is 12.4. The van der Waals surface area contributed by atoms with Crippen LogP contribution >= 0.6 is 0 Å². The number of para-hydroxylation sites is 1. The van der Waals surface area contributed by atoms with Crippen molar-refractivity contribution in [2.24, 2.45) is 5.73 Å². The van der Waals surface area contributed by atoms with Gasteiger partial charge in [-0.1, -0.05) is 30.3 Å². The number of carbonyl (C=O) groups is 2. The summed E-state index contributed by atoms with van der Waals surface area (Å²) < 4.78 is 12.0. The van der Waals surface area contributed by atoms with Crippen LogP contribution < -0.4 is 15.8 Å². The second-order valence-corrected chi connectivity index (χ2v) is 9.00. The van der Waals surface area contributed by atoms with Crippen molar-refractivity contribution in [2.45, 2.75) is 43.7 Å². The van der Waals surface area contributed by atoms with Crippen molar-refractivity contribution in [3.8, 4) is 11.5 Å². The van der Waals surface area contributed by atoms with E-state index in [0.29, 0.717) is 32.5 Å². The highest BCUT2D eigenvalue weighted by Crippen LogP contribution is 2.28. The molecule has 2 aromatic carbocycles. The van der Waals surface area contributed by atoms with Crippen molar-refractivity contribution in [3.63, 3.8) is 0 Å². The van der Waals surface area contributed by atoms with E-state index in [2.05, 4.69) is 11.4 Å². The van der Waals surface area contributed by atoms with E-state index in [9.17, 15) is 14.7 Å². The number of nitrogens with zero attached hydrogens (tertiary/aromatic N) is 1. The molecule has 0 radical (unpaired) electrons. The van der Waals surface area contributed by atoms with Crippen LogP contribution in [0.25, 0.3) is 0 Å². The van der Waals surface area contributed by atoms with Gasteiger partial charge >= 0.3 is 0 Å². The van der Waals surface area contributed by atoms with Crippen LogP contribution in [0.2, 0.25) is 0 Å². The number of hydrogen-bond acceptors (Lipinski definition) is 6. The third-order valence-electron chi connectivity index (χ3n) is 6.51. The van der Waals surface area contributed by atoms with Crippen molar-refractivity contribution in [1.29, 1.82) is 0 Å². The summed E-state index contributed by atoms with van der Waals surface area (Å²) in [6.07, 6.45) is 3.40. The molecule has 1 unspecified atom stereocenters. The third kappa shape index (κ3) is 5.69. The number of hydrogen-bond donors (Lipinski definition) is 3. The largest absolute Gasteiger partial charge is 0.508 e. The molecule has 1 spiro atoms. The smallest absolute Gasteiger partial charge is 0.254 e. The molecular weight excluding hydrogens is 434 g/mol. The highest BCUT2D eigenvalue weighted by Gasteiger charge is 2.45. The molecule has 182 valence electrons. The van der Waals surface area contributed by atoms with Crippen LogP contribution in [-0.2, 0) is 27.2 Å². The van der Waals surface area contributed by atoms with E-state index in [4.69, 9.17) is 15.2 Å². The monoisotopic (exact) mass is 467 g/mol. The van der Waals surface area contributed by atoms with Crippen LogP contribution in [0.3, 0.4) is 0 Å². The van der Waals surface area contributed by atoms with Crippen LogP contribution in [0.5, 0.6) is 11.5 Å².